The van der Waals surface area contributed by atoms with Crippen LogP contribution in [0, 0.1) is 5.41 Å². The Morgan fingerprint density at radius 3 is 2.41 bits per heavy atom. The fourth-order valence-corrected chi connectivity index (χ4v) is 2.39. The predicted molar refractivity (Wildman–Crippen MR) is 73.0 cm³/mol. The molecule has 1 aromatic carbocycles. The maximum absolute atomic E-state index is 11.9. The van der Waals surface area contributed by atoms with Crippen molar-refractivity contribution in [1.29, 1.82) is 0 Å². The molecule has 0 saturated heterocycles. The van der Waals surface area contributed by atoms with Gasteiger partial charge in [-0.25, -0.2) is 0 Å². The van der Waals surface area contributed by atoms with Crippen molar-refractivity contribution in [3.63, 3.8) is 0 Å². The molecule has 0 aliphatic heterocycles. The fourth-order valence-electron chi connectivity index (χ4n) is 1.83. The third-order valence-corrected chi connectivity index (χ3v) is 3.31. The van der Waals surface area contributed by atoms with E-state index >= 15 is 0 Å². The van der Waals surface area contributed by atoms with Gasteiger partial charge in [0.15, 0.2) is 0 Å². The van der Waals surface area contributed by atoms with Gasteiger partial charge < -0.3 is 4.74 Å². The average molecular weight is 299 g/mol. The van der Waals surface area contributed by atoms with E-state index in [2.05, 4.69) is 36.7 Å². The monoisotopic (exact) mass is 298 g/mol. The van der Waals surface area contributed by atoms with Crippen molar-refractivity contribution in [3.05, 3.63) is 34.3 Å². The van der Waals surface area contributed by atoms with E-state index in [1.54, 1.807) is 0 Å². The third-order valence-electron chi connectivity index (χ3n) is 2.58. The molecule has 1 aromatic rings. The van der Waals surface area contributed by atoms with E-state index in [0.29, 0.717) is 0 Å². The Balaban J connectivity index is 3.07. The Labute approximate surface area is 111 Å². The van der Waals surface area contributed by atoms with Gasteiger partial charge in [-0.05, 0) is 23.5 Å². The number of carbonyl (C=O) groups is 1. The van der Waals surface area contributed by atoms with E-state index in [9.17, 15) is 4.79 Å². The molecule has 1 unspecified atom stereocenters. The molecule has 2 nitrogen and oxygen atoms in total. The number of rotatable bonds is 3. The lowest BCUT2D eigenvalue weighted by Crippen LogP contribution is -2.21. The summed E-state index contributed by atoms with van der Waals surface area (Å²) in [6.45, 7) is 6.37. The summed E-state index contributed by atoms with van der Waals surface area (Å²) in [5, 5.41) is 0. The van der Waals surface area contributed by atoms with Crippen LogP contribution in [0.5, 0.6) is 0 Å². The Morgan fingerprint density at radius 2 is 1.94 bits per heavy atom. The maximum Gasteiger partial charge on any atom is 0.313 e. The van der Waals surface area contributed by atoms with Crippen LogP contribution >= 0.6 is 15.9 Å². The lowest BCUT2D eigenvalue weighted by molar-refractivity contribution is -0.143. The molecule has 0 aliphatic carbocycles. The number of carbonyl (C=O) groups excluding carboxylic acids is 1. The Morgan fingerprint density at radius 1 is 1.35 bits per heavy atom. The standard InChI is InChI=1S/C14H19BrO2/c1-14(2,3)9-11(13(16)17-4)10-7-5-6-8-12(10)15/h5-8,11H,9H2,1-4H3. The molecule has 1 rings (SSSR count). The number of ether oxygens (including phenoxy) is 1. The third kappa shape index (κ3) is 4.15. The number of hydrogen-bond acceptors (Lipinski definition) is 2. The highest BCUT2D eigenvalue weighted by Gasteiger charge is 2.28. The van der Waals surface area contributed by atoms with E-state index < -0.39 is 0 Å². The van der Waals surface area contributed by atoms with Crippen molar-refractivity contribution in [3.8, 4) is 0 Å². The zero-order valence-electron chi connectivity index (χ0n) is 10.8. The second kappa shape index (κ2) is 5.67. The number of hydrogen-bond donors (Lipinski definition) is 0. The molecule has 94 valence electrons. The Hall–Kier alpha value is -0.830. The van der Waals surface area contributed by atoms with Crippen molar-refractivity contribution < 1.29 is 9.53 Å². The summed E-state index contributed by atoms with van der Waals surface area (Å²) in [5.74, 6) is -0.387. The van der Waals surface area contributed by atoms with E-state index in [-0.39, 0.29) is 17.3 Å². The van der Waals surface area contributed by atoms with E-state index in [4.69, 9.17) is 4.74 Å². The second-order valence-electron chi connectivity index (χ2n) is 5.36. The summed E-state index contributed by atoms with van der Waals surface area (Å²) >= 11 is 3.49. The van der Waals surface area contributed by atoms with Crippen LogP contribution in [0.15, 0.2) is 28.7 Å². The van der Waals surface area contributed by atoms with Crippen LogP contribution < -0.4 is 0 Å². The van der Waals surface area contributed by atoms with Gasteiger partial charge in [0.2, 0.25) is 0 Å². The van der Waals surface area contributed by atoms with Crippen molar-refractivity contribution in [1.82, 2.24) is 0 Å². The van der Waals surface area contributed by atoms with E-state index in [1.165, 1.54) is 7.11 Å². The highest BCUT2D eigenvalue weighted by Crippen LogP contribution is 2.35. The fraction of sp³-hybridized carbons (Fsp3) is 0.500. The molecular weight excluding hydrogens is 280 g/mol. The minimum absolute atomic E-state index is 0.0775. The first kappa shape index (κ1) is 14.2. The van der Waals surface area contributed by atoms with Gasteiger partial charge >= 0.3 is 5.97 Å². The average Bonchev–Trinajstić information content (AvgIpc) is 2.25. The van der Waals surface area contributed by atoms with Crippen LogP contribution in [-0.2, 0) is 9.53 Å². The Kier molecular flexibility index (Phi) is 4.75. The lowest BCUT2D eigenvalue weighted by Gasteiger charge is -2.25. The van der Waals surface area contributed by atoms with Gasteiger partial charge in [-0.3, -0.25) is 4.79 Å². The number of methoxy groups -OCH3 is 1. The normalized spacial score (nSPS) is 13.2. The summed E-state index contributed by atoms with van der Waals surface area (Å²) in [7, 11) is 1.44. The van der Waals surface area contributed by atoms with Gasteiger partial charge in [-0.1, -0.05) is 54.9 Å². The highest BCUT2D eigenvalue weighted by molar-refractivity contribution is 9.10. The Bertz CT molecular complexity index is 393. The molecule has 1 atom stereocenters. The van der Waals surface area contributed by atoms with Gasteiger partial charge in [0, 0.05) is 4.47 Å². The van der Waals surface area contributed by atoms with Crippen LogP contribution in [0.2, 0.25) is 0 Å². The number of benzene rings is 1. The molecular formula is C14H19BrO2. The van der Waals surface area contributed by atoms with Gasteiger partial charge in [0.1, 0.15) is 0 Å². The highest BCUT2D eigenvalue weighted by atomic mass is 79.9. The number of halogens is 1. The molecule has 0 aromatic heterocycles. The maximum atomic E-state index is 11.9. The zero-order chi connectivity index (χ0) is 13.1. The van der Waals surface area contributed by atoms with Gasteiger partial charge in [0.05, 0.1) is 13.0 Å². The summed E-state index contributed by atoms with van der Waals surface area (Å²) in [6.07, 6.45) is 0.766. The quantitative estimate of drug-likeness (QED) is 0.784. The molecule has 0 saturated carbocycles. The van der Waals surface area contributed by atoms with Crippen LogP contribution in [-0.4, -0.2) is 13.1 Å². The molecule has 0 amide bonds. The first-order valence-corrected chi connectivity index (χ1v) is 6.46. The molecule has 3 heteroatoms. The SMILES string of the molecule is COC(=O)C(CC(C)(C)C)c1ccccc1Br. The van der Waals surface area contributed by atoms with Crippen LogP contribution in [0.3, 0.4) is 0 Å². The minimum atomic E-state index is -0.212. The molecule has 0 aliphatic rings. The lowest BCUT2D eigenvalue weighted by atomic mass is 9.81. The molecule has 0 heterocycles. The summed E-state index contributed by atoms with van der Waals surface area (Å²) in [6, 6.07) is 7.81. The second-order valence-corrected chi connectivity index (χ2v) is 6.22. The first-order valence-electron chi connectivity index (χ1n) is 5.67. The molecule has 0 spiro atoms. The molecule has 0 fully saturated rings. The van der Waals surface area contributed by atoms with E-state index in [0.717, 1.165) is 16.5 Å². The van der Waals surface area contributed by atoms with Crippen molar-refractivity contribution >= 4 is 21.9 Å². The van der Waals surface area contributed by atoms with Crippen LogP contribution in [0.25, 0.3) is 0 Å². The van der Waals surface area contributed by atoms with Crippen molar-refractivity contribution in [2.24, 2.45) is 5.41 Å². The summed E-state index contributed by atoms with van der Waals surface area (Å²) < 4.78 is 5.87. The van der Waals surface area contributed by atoms with Gasteiger partial charge in [-0.15, -0.1) is 0 Å². The van der Waals surface area contributed by atoms with Gasteiger partial charge in [-0.2, -0.15) is 0 Å². The molecule has 0 radical (unpaired) electrons. The predicted octanol–water partition coefficient (Wildman–Crippen LogP) is 4.14. The zero-order valence-corrected chi connectivity index (χ0v) is 12.4. The number of esters is 1. The van der Waals surface area contributed by atoms with Gasteiger partial charge in [0.25, 0.3) is 0 Å². The smallest absolute Gasteiger partial charge is 0.313 e. The van der Waals surface area contributed by atoms with Crippen LogP contribution in [0.4, 0.5) is 0 Å². The molecule has 17 heavy (non-hydrogen) atoms. The summed E-state index contributed by atoms with van der Waals surface area (Å²) in [5.41, 5.74) is 1.07. The first-order chi connectivity index (χ1) is 7.85. The largest absolute Gasteiger partial charge is 0.469 e. The molecule has 0 bridgehead atoms. The minimum Gasteiger partial charge on any atom is -0.469 e. The van der Waals surface area contributed by atoms with Crippen LogP contribution in [0.1, 0.15) is 38.7 Å². The van der Waals surface area contributed by atoms with Crippen molar-refractivity contribution in [2.75, 3.05) is 7.11 Å². The topological polar surface area (TPSA) is 26.3 Å². The summed E-state index contributed by atoms with van der Waals surface area (Å²) in [4.78, 5) is 11.9. The van der Waals surface area contributed by atoms with Crippen molar-refractivity contribution in [2.45, 2.75) is 33.1 Å². The van der Waals surface area contributed by atoms with E-state index in [1.807, 2.05) is 24.3 Å². The molecule has 0 N–H and O–H groups in total.